The molecule has 4 rings (SSSR count). The Labute approximate surface area is 192 Å². The highest BCUT2D eigenvalue weighted by Crippen LogP contribution is 2.27. The number of rotatable bonds is 7. The van der Waals surface area contributed by atoms with Gasteiger partial charge in [0.25, 0.3) is 0 Å². The number of likely N-dealkylation sites (tertiary alicyclic amines) is 1. The number of anilines is 2. The van der Waals surface area contributed by atoms with Crippen molar-refractivity contribution in [3.05, 3.63) is 66.6 Å². The number of methoxy groups -OCH3 is 1. The summed E-state index contributed by atoms with van der Waals surface area (Å²) in [5.41, 5.74) is 1.70. The van der Waals surface area contributed by atoms with Crippen molar-refractivity contribution in [2.24, 2.45) is 0 Å². The van der Waals surface area contributed by atoms with E-state index in [1.165, 1.54) is 0 Å². The van der Waals surface area contributed by atoms with E-state index in [1.54, 1.807) is 43.9 Å². The zero-order chi connectivity index (χ0) is 23.0. The van der Waals surface area contributed by atoms with Crippen LogP contribution in [0.25, 0.3) is 0 Å². The largest absolute Gasteiger partial charge is 0.495 e. The zero-order valence-corrected chi connectivity index (χ0v) is 18.6. The number of carbonyl (C=O) groups is 2. The minimum Gasteiger partial charge on any atom is -0.495 e. The molecule has 0 bridgehead atoms. The second kappa shape index (κ2) is 10.6. The first-order chi connectivity index (χ1) is 16.1. The number of benzene rings is 1. The first kappa shape index (κ1) is 22.3. The number of aryl methyl sites for hydroxylation is 1. The molecule has 0 aliphatic carbocycles. The summed E-state index contributed by atoms with van der Waals surface area (Å²) in [6.07, 6.45) is 7.94. The molecule has 1 aromatic carbocycles. The highest BCUT2D eigenvalue weighted by atomic mass is 16.5. The molecule has 2 aromatic heterocycles. The number of ether oxygens (including phenoxy) is 1. The molecule has 1 aliphatic rings. The van der Waals surface area contributed by atoms with Crippen LogP contribution in [0.15, 0.2) is 61.1 Å². The van der Waals surface area contributed by atoms with E-state index in [0.717, 1.165) is 24.8 Å². The summed E-state index contributed by atoms with van der Waals surface area (Å²) in [6, 6.07) is 12.6. The van der Waals surface area contributed by atoms with E-state index < -0.39 is 0 Å². The van der Waals surface area contributed by atoms with Crippen LogP contribution in [0.1, 0.15) is 30.9 Å². The number of carbonyl (C=O) groups excluding carboxylic acids is 2. The van der Waals surface area contributed by atoms with Crippen molar-refractivity contribution in [1.82, 2.24) is 19.7 Å². The number of piperidine rings is 1. The van der Waals surface area contributed by atoms with Crippen molar-refractivity contribution in [3.63, 3.8) is 0 Å². The number of amides is 3. The van der Waals surface area contributed by atoms with E-state index in [9.17, 15) is 9.59 Å². The van der Waals surface area contributed by atoms with Crippen molar-refractivity contribution in [3.8, 4) is 5.75 Å². The average molecular weight is 449 g/mol. The predicted molar refractivity (Wildman–Crippen MR) is 125 cm³/mol. The fourth-order valence-corrected chi connectivity index (χ4v) is 4.04. The lowest BCUT2D eigenvalue weighted by molar-refractivity contribution is -0.132. The summed E-state index contributed by atoms with van der Waals surface area (Å²) < 4.78 is 7.11. The summed E-state index contributed by atoms with van der Waals surface area (Å²) in [5, 5.41) is 10.1. The van der Waals surface area contributed by atoms with Gasteiger partial charge in [0, 0.05) is 38.0 Å². The van der Waals surface area contributed by atoms with E-state index in [4.69, 9.17) is 4.74 Å². The molecule has 0 saturated carbocycles. The van der Waals surface area contributed by atoms with Crippen LogP contribution in [0.3, 0.4) is 0 Å². The molecule has 3 amide bonds. The van der Waals surface area contributed by atoms with Crippen LogP contribution in [0.4, 0.5) is 16.3 Å². The molecular weight excluding hydrogens is 420 g/mol. The summed E-state index contributed by atoms with van der Waals surface area (Å²) in [5.74, 6) is 1.37. The predicted octanol–water partition coefficient (Wildman–Crippen LogP) is 3.73. The maximum Gasteiger partial charge on any atom is 0.324 e. The minimum absolute atomic E-state index is 0.116. The molecule has 9 heteroatoms. The molecule has 0 radical (unpaired) electrons. The standard InChI is InChI=1S/C24H28N6O3/c1-33-21-5-3-2-4-20(21)27-24(32)28-22-10-15-26-30(22)19-11-16-29(17-12-19)23(31)7-6-18-8-13-25-14-9-18/h2-5,8-10,13-15,19H,6-7,11-12,16-17H2,1H3,(H2,27,28,32). The van der Waals surface area contributed by atoms with Gasteiger partial charge in [-0.1, -0.05) is 12.1 Å². The van der Waals surface area contributed by atoms with Crippen LogP contribution >= 0.6 is 0 Å². The normalized spacial score (nSPS) is 14.0. The molecule has 3 aromatic rings. The Bertz CT molecular complexity index is 1080. The third-order valence-corrected chi connectivity index (χ3v) is 5.81. The van der Waals surface area contributed by atoms with E-state index >= 15 is 0 Å². The molecule has 1 aliphatic heterocycles. The number of hydrogen-bond acceptors (Lipinski definition) is 5. The van der Waals surface area contributed by atoms with Gasteiger partial charge in [-0.05, 0) is 49.1 Å². The fourth-order valence-electron chi connectivity index (χ4n) is 4.04. The van der Waals surface area contributed by atoms with Gasteiger partial charge in [-0.25, -0.2) is 9.48 Å². The van der Waals surface area contributed by atoms with E-state index in [-0.39, 0.29) is 18.0 Å². The van der Waals surface area contributed by atoms with Crippen molar-refractivity contribution in [1.29, 1.82) is 0 Å². The van der Waals surface area contributed by atoms with Gasteiger partial charge in [-0.2, -0.15) is 5.10 Å². The monoisotopic (exact) mass is 448 g/mol. The third kappa shape index (κ3) is 5.68. The lowest BCUT2D eigenvalue weighted by Crippen LogP contribution is -2.39. The molecule has 1 fully saturated rings. The van der Waals surface area contributed by atoms with Gasteiger partial charge >= 0.3 is 6.03 Å². The Hall–Kier alpha value is -3.88. The van der Waals surface area contributed by atoms with Gasteiger partial charge in [0.15, 0.2) is 0 Å². The van der Waals surface area contributed by atoms with Gasteiger partial charge in [-0.3, -0.25) is 15.1 Å². The molecule has 9 nitrogen and oxygen atoms in total. The smallest absolute Gasteiger partial charge is 0.324 e. The number of urea groups is 1. The molecule has 33 heavy (non-hydrogen) atoms. The highest BCUT2D eigenvalue weighted by molar-refractivity contribution is 6.00. The van der Waals surface area contributed by atoms with E-state index in [2.05, 4.69) is 20.7 Å². The molecule has 2 N–H and O–H groups in total. The third-order valence-electron chi connectivity index (χ3n) is 5.81. The first-order valence-electron chi connectivity index (χ1n) is 11.1. The molecule has 0 atom stereocenters. The Morgan fingerprint density at radius 2 is 1.79 bits per heavy atom. The highest BCUT2D eigenvalue weighted by Gasteiger charge is 2.25. The maximum atomic E-state index is 12.6. The van der Waals surface area contributed by atoms with Crippen molar-refractivity contribution >= 4 is 23.4 Å². The lowest BCUT2D eigenvalue weighted by Gasteiger charge is -2.32. The summed E-state index contributed by atoms with van der Waals surface area (Å²) in [4.78, 5) is 31.1. The van der Waals surface area contributed by atoms with Crippen LogP contribution < -0.4 is 15.4 Å². The van der Waals surface area contributed by atoms with Crippen LogP contribution in [0, 0.1) is 0 Å². The lowest BCUT2D eigenvalue weighted by atomic mass is 10.0. The van der Waals surface area contributed by atoms with Crippen molar-refractivity contribution in [2.75, 3.05) is 30.8 Å². The van der Waals surface area contributed by atoms with Gasteiger partial charge in [0.2, 0.25) is 5.91 Å². The van der Waals surface area contributed by atoms with Crippen LogP contribution in [0.5, 0.6) is 5.75 Å². The topological polar surface area (TPSA) is 101 Å². The number of nitrogens with one attached hydrogen (secondary N) is 2. The fraction of sp³-hybridized carbons (Fsp3) is 0.333. The first-order valence-corrected chi connectivity index (χ1v) is 11.1. The summed E-state index contributed by atoms with van der Waals surface area (Å²) >= 11 is 0. The molecular formula is C24H28N6O3. The van der Waals surface area contributed by atoms with Crippen LogP contribution in [-0.4, -0.2) is 51.8 Å². The zero-order valence-electron chi connectivity index (χ0n) is 18.6. The molecule has 172 valence electrons. The van der Waals surface area contributed by atoms with Gasteiger partial charge < -0.3 is 15.0 Å². The Balaban J connectivity index is 1.29. The van der Waals surface area contributed by atoms with Crippen molar-refractivity contribution in [2.45, 2.75) is 31.7 Å². The molecule has 1 saturated heterocycles. The Kier molecular flexibility index (Phi) is 7.19. The minimum atomic E-state index is -0.370. The molecule has 3 heterocycles. The number of para-hydroxylation sites is 2. The average Bonchev–Trinajstić information content (AvgIpc) is 3.31. The second-order valence-electron chi connectivity index (χ2n) is 7.91. The SMILES string of the molecule is COc1ccccc1NC(=O)Nc1ccnn1C1CCN(C(=O)CCc2ccncc2)CC1. The maximum absolute atomic E-state index is 12.6. The quantitative estimate of drug-likeness (QED) is 0.574. The van der Waals surface area contributed by atoms with E-state index in [0.29, 0.717) is 36.8 Å². The molecule has 0 spiro atoms. The summed E-state index contributed by atoms with van der Waals surface area (Å²) in [6.45, 7) is 1.35. The van der Waals surface area contributed by atoms with Crippen LogP contribution in [0.2, 0.25) is 0 Å². The Morgan fingerprint density at radius 1 is 1.03 bits per heavy atom. The van der Waals surface area contributed by atoms with Gasteiger partial charge in [0.05, 0.1) is 25.0 Å². The number of pyridine rings is 1. The van der Waals surface area contributed by atoms with E-state index in [1.807, 2.05) is 33.8 Å². The van der Waals surface area contributed by atoms with Gasteiger partial charge in [-0.15, -0.1) is 0 Å². The number of nitrogens with zero attached hydrogens (tertiary/aromatic N) is 4. The Morgan fingerprint density at radius 3 is 2.55 bits per heavy atom. The number of aromatic nitrogens is 3. The van der Waals surface area contributed by atoms with Crippen LogP contribution in [-0.2, 0) is 11.2 Å². The van der Waals surface area contributed by atoms with Gasteiger partial charge in [0.1, 0.15) is 11.6 Å². The van der Waals surface area contributed by atoms with Crippen molar-refractivity contribution < 1.29 is 14.3 Å². The molecule has 0 unspecified atom stereocenters. The number of hydrogen-bond donors (Lipinski definition) is 2. The second-order valence-corrected chi connectivity index (χ2v) is 7.91. The summed E-state index contributed by atoms with van der Waals surface area (Å²) in [7, 11) is 1.56.